The minimum atomic E-state index is -4.90. The first-order valence-electron chi connectivity index (χ1n) is 11.9. The van der Waals surface area contributed by atoms with Crippen LogP contribution in [-0.2, 0) is 6.18 Å². The van der Waals surface area contributed by atoms with E-state index in [1.807, 2.05) is 0 Å². The van der Waals surface area contributed by atoms with Crippen molar-refractivity contribution in [1.82, 2.24) is 20.5 Å². The van der Waals surface area contributed by atoms with E-state index in [0.29, 0.717) is 34.3 Å². The number of nitrogens with zero attached hydrogens (tertiary/aromatic N) is 2. The monoisotopic (exact) mass is 583 g/mol. The molecular formula is C28H15ClF5N5O2. The van der Waals surface area contributed by atoms with Crippen molar-refractivity contribution in [2.75, 3.05) is 5.32 Å². The van der Waals surface area contributed by atoms with Gasteiger partial charge in [0.15, 0.2) is 0 Å². The number of benzene rings is 3. The Morgan fingerprint density at radius 2 is 1.80 bits per heavy atom. The second-order valence-electron chi connectivity index (χ2n) is 9.23. The molecule has 0 spiro atoms. The maximum atomic E-state index is 14.2. The van der Waals surface area contributed by atoms with Crippen LogP contribution in [0.2, 0.25) is 5.02 Å². The molecule has 0 radical (unpaired) electrons. The van der Waals surface area contributed by atoms with Gasteiger partial charge < -0.3 is 10.6 Å². The van der Waals surface area contributed by atoms with Gasteiger partial charge in [0.25, 0.3) is 11.8 Å². The lowest BCUT2D eigenvalue weighted by atomic mass is 9.93. The van der Waals surface area contributed by atoms with Gasteiger partial charge in [0.05, 0.1) is 17.1 Å². The SMILES string of the molecule is O=C(Nc1cc(-c2n[nH]c3ccncc23)cc2c1C(c1cc(F)ccc1Cl)NC2=O)c1cc(F)cc(C(F)(F)F)c1. The summed E-state index contributed by atoms with van der Waals surface area (Å²) in [4.78, 5) is 30.5. The molecule has 1 atom stereocenters. The van der Waals surface area contributed by atoms with Gasteiger partial charge in [-0.3, -0.25) is 19.7 Å². The van der Waals surface area contributed by atoms with Crippen molar-refractivity contribution < 1.29 is 31.5 Å². The van der Waals surface area contributed by atoms with E-state index >= 15 is 0 Å². The van der Waals surface area contributed by atoms with Crippen molar-refractivity contribution >= 4 is 40.0 Å². The molecule has 3 heterocycles. The number of rotatable bonds is 4. The third-order valence-electron chi connectivity index (χ3n) is 6.63. The number of amides is 2. The van der Waals surface area contributed by atoms with Crippen molar-refractivity contribution in [3.8, 4) is 11.3 Å². The molecule has 5 aromatic rings. The number of carbonyl (C=O) groups is 2. The third kappa shape index (κ3) is 4.76. The number of aromatic nitrogens is 3. The summed E-state index contributed by atoms with van der Waals surface area (Å²) in [6.07, 6.45) is -1.81. The van der Waals surface area contributed by atoms with Crippen molar-refractivity contribution in [1.29, 1.82) is 0 Å². The maximum Gasteiger partial charge on any atom is 0.416 e. The van der Waals surface area contributed by atoms with Crippen LogP contribution in [0.3, 0.4) is 0 Å². The summed E-state index contributed by atoms with van der Waals surface area (Å²) in [5, 5.41) is 13.1. The summed E-state index contributed by atoms with van der Waals surface area (Å²) in [6, 6.07) is 8.63. The Hall–Kier alpha value is -4.84. The average molecular weight is 584 g/mol. The number of fused-ring (bicyclic) bond motifs is 2. The fraction of sp³-hybridized carbons (Fsp3) is 0.0714. The van der Waals surface area contributed by atoms with Gasteiger partial charge in [-0.2, -0.15) is 18.3 Å². The first-order chi connectivity index (χ1) is 19.5. The number of alkyl halides is 3. The number of pyridine rings is 1. The second kappa shape index (κ2) is 9.66. The molecular weight excluding hydrogens is 569 g/mol. The summed E-state index contributed by atoms with van der Waals surface area (Å²) in [6.45, 7) is 0. The highest BCUT2D eigenvalue weighted by Gasteiger charge is 2.36. The van der Waals surface area contributed by atoms with Crippen LogP contribution in [0.25, 0.3) is 22.2 Å². The molecule has 1 unspecified atom stereocenters. The van der Waals surface area contributed by atoms with Gasteiger partial charge >= 0.3 is 6.18 Å². The van der Waals surface area contributed by atoms with Crippen molar-refractivity contribution in [2.45, 2.75) is 12.2 Å². The van der Waals surface area contributed by atoms with Crippen LogP contribution >= 0.6 is 11.6 Å². The molecule has 2 amide bonds. The van der Waals surface area contributed by atoms with E-state index in [9.17, 15) is 31.5 Å². The number of nitrogens with one attached hydrogen (secondary N) is 3. The molecule has 3 N–H and O–H groups in total. The number of carbonyl (C=O) groups excluding carboxylic acids is 2. The number of H-pyrrole nitrogens is 1. The summed E-state index contributed by atoms with van der Waals surface area (Å²) in [5.74, 6) is -3.55. The molecule has 0 bridgehead atoms. The Kier molecular flexibility index (Phi) is 6.22. The Morgan fingerprint density at radius 1 is 1.00 bits per heavy atom. The maximum absolute atomic E-state index is 14.2. The highest BCUT2D eigenvalue weighted by Crippen LogP contribution is 2.42. The Morgan fingerprint density at radius 3 is 2.59 bits per heavy atom. The van der Waals surface area contributed by atoms with E-state index in [1.165, 1.54) is 18.2 Å². The fourth-order valence-corrected chi connectivity index (χ4v) is 5.02. The number of hydrogen-bond acceptors (Lipinski definition) is 4. The quantitative estimate of drug-likeness (QED) is 0.206. The number of anilines is 1. The van der Waals surface area contributed by atoms with Crippen LogP contribution < -0.4 is 10.6 Å². The molecule has 206 valence electrons. The first kappa shape index (κ1) is 26.4. The molecule has 0 aliphatic carbocycles. The highest BCUT2D eigenvalue weighted by atomic mass is 35.5. The molecule has 41 heavy (non-hydrogen) atoms. The van der Waals surface area contributed by atoms with Gasteiger partial charge in [-0.25, -0.2) is 8.78 Å². The topological polar surface area (TPSA) is 99.8 Å². The van der Waals surface area contributed by atoms with Crippen LogP contribution in [0.1, 0.15) is 43.4 Å². The minimum absolute atomic E-state index is 0.0101. The van der Waals surface area contributed by atoms with E-state index < -0.39 is 46.8 Å². The summed E-state index contributed by atoms with van der Waals surface area (Å²) in [5.41, 5.74) is -0.156. The summed E-state index contributed by atoms with van der Waals surface area (Å²) >= 11 is 6.33. The summed E-state index contributed by atoms with van der Waals surface area (Å²) < 4.78 is 68.2. The zero-order valence-corrected chi connectivity index (χ0v) is 21.2. The lowest BCUT2D eigenvalue weighted by molar-refractivity contribution is -0.137. The number of hydrogen-bond donors (Lipinski definition) is 3. The van der Waals surface area contributed by atoms with E-state index in [1.54, 1.807) is 18.5 Å². The predicted molar refractivity (Wildman–Crippen MR) is 139 cm³/mol. The van der Waals surface area contributed by atoms with Gasteiger partial charge in [-0.1, -0.05) is 11.6 Å². The van der Waals surface area contributed by atoms with Gasteiger partial charge in [-0.05, 0) is 54.6 Å². The molecule has 0 fully saturated rings. The average Bonchev–Trinajstić information content (AvgIpc) is 3.50. The van der Waals surface area contributed by atoms with Crippen molar-refractivity contribution in [3.05, 3.63) is 111 Å². The number of halogens is 6. The Labute approximate surface area is 232 Å². The zero-order valence-electron chi connectivity index (χ0n) is 20.4. The van der Waals surface area contributed by atoms with Gasteiger partial charge in [0.1, 0.15) is 17.3 Å². The molecule has 2 aromatic heterocycles. The van der Waals surface area contributed by atoms with E-state index in [0.717, 1.165) is 12.1 Å². The minimum Gasteiger partial charge on any atom is -0.341 e. The predicted octanol–water partition coefficient (Wildman–Crippen LogP) is 6.66. The van der Waals surface area contributed by atoms with E-state index in [-0.39, 0.29) is 33.5 Å². The normalized spacial score (nSPS) is 14.7. The van der Waals surface area contributed by atoms with E-state index in [4.69, 9.17) is 11.6 Å². The van der Waals surface area contributed by atoms with Crippen LogP contribution in [0, 0.1) is 11.6 Å². The molecule has 0 saturated heterocycles. The fourth-order valence-electron chi connectivity index (χ4n) is 4.80. The molecule has 0 saturated carbocycles. The Balaban J connectivity index is 1.53. The van der Waals surface area contributed by atoms with E-state index in [2.05, 4.69) is 25.8 Å². The molecule has 1 aliphatic heterocycles. The van der Waals surface area contributed by atoms with Crippen LogP contribution in [0.5, 0.6) is 0 Å². The van der Waals surface area contributed by atoms with Crippen LogP contribution in [0.4, 0.5) is 27.6 Å². The lowest BCUT2D eigenvalue weighted by Gasteiger charge is -2.19. The zero-order chi connectivity index (χ0) is 29.1. The third-order valence-corrected chi connectivity index (χ3v) is 6.98. The molecule has 3 aromatic carbocycles. The van der Waals surface area contributed by atoms with Gasteiger partial charge in [0, 0.05) is 56.3 Å². The van der Waals surface area contributed by atoms with Gasteiger partial charge in [0.2, 0.25) is 0 Å². The molecule has 13 heteroatoms. The van der Waals surface area contributed by atoms with Crippen LogP contribution in [-0.4, -0.2) is 27.0 Å². The van der Waals surface area contributed by atoms with Crippen molar-refractivity contribution in [3.63, 3.8) is 0 Å². The van der Waals surface area contributed by atoms with Crippen molar-refractivity contribution in [2.24, 2.45) is 0 Å². The molecule has 1 aliphatic rings. The second-order valence-corrected chi connectivity index (χ2v) is 9.64. The number of aromatic amines is 1. The summed E-state index contributed by atoms with van der Waals surface area (Å²) in [7, 11) is 0. The smallest absolute Gasteiger partial charge is 0.341 e. The highest BCUT2D eigenvalue weighted by molar-refractivity contribution is 6.31. The lowest BCUT2D eigenvalue weighted by Crippen LogP contribution is -2.21. The van der Waals surface area contributed by atoms with Gasteiger partial charge in [-0.15, -0.1) is 0 Å². The first-order valence-corrected chi connectivity index (χ1v) is 12.3. The molecule has 7 nitrogen and oxygen atoms in total. The van der Waals surface area contributed by atoms with Crippen LogP contribution in [0.15, 0.2) is 67.0 Å². The molecule has 6 rings (SSSR count). The Bertz CT molecular complexity index is 1890. The largest absolute Gasteiger partial charge is 0.416 e. The standard InChI is InChI=1S/C28H15ClF5N5O2/c29-20-2-1-15(30)10-17(20)25-23-18(27(41)37-25)7-12(24-19-11-35-4-3-21(19)38-39-24)8-22(23)36-26(40)13-5-14(28(32,33)34)9-16(31)6-13/h1-11,25H,(H,36,40)(H,37,41)(H,38,39).